The summed E-state index contributed by atoms with van der Waals surface area (Å²) < 4.78 is 0. The van der Waals surface area contributed by atoms with Crippen LogP contribution in [0.15, 0.2) is 41.3 Å². The Hall–Kier alpha value is -3.92. The third-order valence-corrected chi connectivity index (χ3v) is 6.74. The zero-order valence-corrected chi connectivity index (χ0v) is 16.6. The standard InChI is InChI=1S/C22H19N3O7/c23-21(31)17-14(27)7-9-5-8-6-11-10(12-3-4-24-25-12)1-2-13(26)16(11)18(28)15(8)19(29)22(9,32)20(17)30/h1-4,8-9,26,28,30,32H,5-7H2,(H2,23,31)(H,24,25)/t8-,9+,22+/m1/s1. The van der Waals surface area contributed by atoms with Crippen LogP contribution in [0.4, 0.5) is 0 Å². The molecule has 2 aromatic rings. The van der Waals surface area contributed by atoms with E-state index >= 15 is 0 Å². The van der Waals surface area contributed by atoms with Gasteiger partial charge in [-0.05, 0) is 42.5 Å². The van der Waals surface area contributed by atoms with E-state index in [9.17, 15) is 34.8 Å². The van der Waals surface area contributed by atoms with Gasteiger partial charge in [0.15, 0.2) is 11.4 Å². The maximum absolute atomic E-state index is 13.4. The normalized spacial score (nSPS) is 27.2. The monoisotopic (exact) mass is 437 g/mol. The highest BCUT2D eigenvalue weighted by molar-refractivity contribution is 6.22. The number of hydrogen-bond acceptors (Lipinski definition) is 8. The summed E-state index contributed by atoms with van der Waals surface area (Å²) in [5, 5.41) is 50.0. The molecule has 164 valence electrons. The number of Topliss-reactive ketones (excluding diaryl/α,β-unsaturated/α-hetero) is 2. The number of phenolic OH excluding ortho intramolecular Hbond substituents is 1. The van der Waals surface area contributed by atoms with Gasteiger partial charge in [-0.1, -0.05) is 0 Å². The molecule has 10 nitrogen and oxygen atoms in total. The first-order chi connectivity index (χ1) is 15.2. The third-order valence-electron chi connectivity index (χ3n) is 6.74. The maximum Gasteiger partial charge on any atom is 0.255 e. The summed E-state index contributed by atoms with van der Waals surface area (Å²) >= 11 is 0. The average molecular weight is 437 g/mol. The summed E-state index contributed by atoms with van der Waals surface area (Å²) in [5.74, 6) is -6.46. The number of primary amides is 1. The predicted octanol–water partition coefficient (Wildman–Crippen LogP) is 0.814. The number of carbonyl (C=O) groups excluding carboxylic acids is 3. The van der Waals surface area contributed by atoms with Crippen molar-refractivity contribution in [1.29, 1.82) is 0 Å². The number of aromatic nitrogens is 2. The molecule has 1 saturated carbocycles. The Morgan fingerprint density at radius 3 is 2.56 bits per heavy atom. The van der Waals surface area contributed by atoms with Crippen LogP contribution >= 0.6 is 0 Å². The fourth-order valence-corrected chi connectivity index (χ4v) is 5.28. The first-order valence-corrected chi connectivity index (χ1v) is 9.98. The van der Waals surface area contributed by atoms with Crippen LogP contribution in [0.25, 0.3) is 17.0 Å². The number of hydrogen-bond donors (Lipinski definition) is 6. The van der Waals surface area contributed by atoms with E-state index in [1.165, 1.54) is 6.07 Å². The number of nitrogens with one attached hydrogen (secondary N) is 1. The molecule has 10 heteroatoms. The molecule has 3 aliphatic rings. The van der Waals surface area contributed by atoms with Gasteiger partial charge in [0.25, 0.3) is 5.91 Å². The first-order valence-electron chi connectivity index (χ1n) is 9.98. The van der Waals surface area contributed by atoms with Crippen LogP contribution in [-0.2, 0) is 20.8 Å². The lowest BCUT2D eigenvalue weighted by molar-refractivity contribution is -0.147. The van der Waals surface area contributed by atoms with Gasteiger partial charge in [0.05, 0.1) is 11.3 Å². The maximum atomic E-state index is 13.4. The Balaban J connectivity index is 1.72. The molecule has 1 aromatic carbocycles. The van der Waals surface area contributed by atoms with E-state index in [1.54, 1.807) is 18.3 Å². The SMILES string of the molecule is NC(=O)C1=C(O)[C@@]2(O)C(=O)C3=C(O)c4c(O)ccc(-c5ccn[nH]5)c4C[C@H]3C[C@H]2CC1=O. The molecule has 0 unspecified atom stereocenters. The number of phenols is 1. The molecule has 0 spiro atoms. The lowest BCUT2D eigenvalue weighted by Gasteiger charge is -2.46. The van der Waals surface area contributed by atoms with Gasteiger partial charge < -0.3 is 26.2 Å². The van der Waals surface area contributed by atoms with Gasteiger partial charge in [-0.25, -0.2) is 0 Å². The van der Waals surface area contributed by atoms with Crippen molar-refractivity contribution in [2.24, 2.45) is 17.6 Å². The Morgan fingerprint density at radius 2 is 1.91 bits per heavy atom. The van der Waals surface area contributed by atoms with Gasteiger partial charge in [-0.3, -0.25) is 19.5 Å². The number of H-pyrrole nitrogens is 1. The summed E-state index contributed by atoms with van der Waals surface area (Å²) in [7, 11) is 0. The summed E-state index contributed by atoms with van der Waals surface area (Å²) in [4.78, 5) is 37.5. The Kier molecular flexibility index (Phi) is 4.09. The molecule has 0 radical (unpaired) electrons. The number of nitrogens with two attached hydrogens (primary N) is 1. The van der Waals surface area contributed by atoms with Gasteiger partial charge in [0, 0.05) is 29.7 Å². The van der Waals surface area contributed by atoms with Gasteiger partial charge >= 0.3 is 0 Å². The number of carbonyl (C=O) groups is 3. The van der Waals surface area contributed by atoms with Crippen LogP contribution in [0.3, 0.4) is 0 Å². The van der Waals surface area contributed by atoms with E-state index in [0.717, 1.165) is 0 Å². The minimum Gasteiger partial charge on any atom is -0.508 e. The fourth-order valence-electron chi connectivity index (χ4n) is 5.28. The van der Waals surface area contributed by atoms with Crippen molar-refractivity contribution in [3.63, 3.8) is 0 Å². The van der Waals surface area contributed by atoms with Crippen molar-refractivity contribution < 1.29 is 34.8 Å². The van der Waals surface area contributed by atoms with Crippen LogP contribution in [-0.4, -0.2) is 53.7 Å². The molecule has 1 aromatic heterocycles. The quantitative estimate of drug-likeness (QED) is 0.372. The first kappa shape index (κ1) is 20.0. The van der Waals surface area contributed by atoms with Gasteiger partial charge in [0.1, 0.15) is 22.8 Å². The summed E-state index contributed by atoms with van der Waals surface area (Å²) in [5.41, 5.74) is 3.59. The molecule has 7 N–H and O–H groups in total. The predicted molar refractivity (Wildman–Crippen MR) is 109 cm³/mol. The number of nitrogens with zero attached hydrogens (tertiary/aromatic N) is 1. The Morgan fingerprint density at radius 1 is 1.16 bits per heavy atom. The van der Waals surface area contributed by atoms with Crippen molar-refractivity contribution >= 4 is 23.2 Å². The Bertz CT molecular complexity index is 1270. The van der Waals surface area contributed by atoms with Gasteiger partial charge in [-0.15, -0.1) is 0 Å². The second-order valence-electron chi connectivity index (χ2n) is 8.36. The largest absolute Gasteiger partial charge is 0.508 e. The van der Waals surface area contributed by atoms with Crippen molar-refractivity contribution in [2.75, 3.05) is 0 Å². The molecule has 1 fully saturated rings. The number of aliphatic hydroxyl groups is 3. The molecule has 32 heavy (non-hydrogen) atoms. The minimum absolute atomic E-state index is 0.0456. The fraction of sp³-hybridized carbons (Fsp3) is 0.273. The van der Waals surface area contributed by atoms with Crippen LogP contribution < -0.4 is 5.73 Å². The summed E-state index contributed by atoms with van der Waals surface area (Å²) in [6.45, 7) is 0. The van der Waals surface area contributed by atoms with Crippen molar-refractivity contribution in [3.8, 4) is 17.0 Å². The highest BCUT2D eigenvalue weighted by Crippen LogP contribution is 2.52. The summed E-state index contributed by atoms with van der Waals surface area (Å²) in [6.07, 6.45) is 1.52. The molecular weight excluding hydrogens is 418 g/mol. The lowest BCUT2D eigenvalue weighted by atomic mass is 9.59. The number of ketones is 2. The van der Waals surface area contributed by atoms with E-state index in [2.05, 4.69) is 10.2 Å². The smallest absolute Gasteiger partial charge is 0.255 e. The number of aromatic amines is 1. The topological polar surface area (TPSA) is 187 Å². The molecule has 0 aliphatic heterocycles. The molecule has 3 aliphatic carbocycles. The second-order valence-corrected chi connectivity index (χ2v) is 8.36. The van der Waals surface area contributed by atoms with Crippen LogP contribution in [0.2, 0.25) is 0 Å². The number of aliphatic hydroxyl groups excluding tert-OH is 2. The van der Waals surface area contributed by atoms with E-state index in [0.29, 0.717) is 16.8 Å². The van der Waals surface area contributed by atoms with Crippen LogP contribution in [0, 0.1) is 11.8 Å². The highest BCUT2D eigenvalue weighted by Gasteiger charge is 2.60. The van der Waals surface area contributed by atoms with E-state index in [1.807, 2.05) is 0 Å². The molecule has 5 rings (SSSR count). The van der Waals surface area contributed by atoms with E-state index < -0.39 is 52.0 Å². The molecule has 0 saturated heterocycles. The molecular formula is C22H19N3O7. The Labute approximate surface area is 180 Å². The number of fused-ring (bicyclic) bond motifs is 3. The van der Waals surface area contributed by atoms with E-state index in [4.69, 9.17) is 5.73 Å². The molecule has 3 atom stereocenters. The number of benzene rings is 1. The molecule has 1 amide bonds. The molecule has 1 heterocycles. The minimum atomic E-state index is -2.56. The van der Waals surface area contributed by atoms with Crippen LogP contribution in [0.5, 0.6) is 5.75 Å². The third kappa shape index (κ3) is 2.43. The number of aromatic hydroxyl groups is 1. The lowest BCUT2D eigenvalue weighted by Crippen LogP contribution is -2.58. The number of amides is 1. The zero-order valence-electron chi connectivity index (χ0n) is 16.6. The second kappa shape index (κ2) is 6.54. The van der Waals surface area contributed by atoms with Gasteiger partial charge in [-0.2, -0.15) is 5.10 Å². The summed E-state index contributed by atoms with van der Waals surface area (Å²) in [6, 6.07) is 4.76. The van der Waals surface area contributed by atoms with E-state index in [-0.39, 0.29) is 36.1 Å². The van der Waals surface area contributed by atoms with Crippen molar-refractivity contribution in [1.82, 2.24) is 10.2 Å². The highest BCUT2D eigenvalue weighted by atomic mass is 16.3. The zero-order chi connectivity index (χ0) is 22.9. The van der Waals surface area contributed by atoms with Crippen molar-refractivity contribution in [2.45, 2.75) is 24.9 Å². The molecule has 0 bridgehead atoms. The number of rotatable bonds is 2. The van der Waals surface area contributed by atoms with Crippen LogP contribution in [0.1, 0.15) is 24.0 Å². The van der Waals surface area contributed by atoms with Crippen molar-refractivity contribution in [3.05, 3.63) is 52.4 Å². The average Bonchev–Trinajstić information content (AvgIpc) is 3.25. The van der Waals surface area contributed by atoms with Gasteiger partial charge in [0.2, 0.25) is 5.78 Å².